The van der Waals surface area contributed by atoms with Crippen LogP contribution in [0.4, 0.5) is 0 Å². The van der Waals surface area contributed by atoms with Crippen molar-refractivity contribution in [3.8, 4) is 0 Å². The molecule has 0 spiro atoms. The van der Waals surface area contributed by atoms with Crippen molar-refractivity contribution in [1.82, 2.24) is 4.72 Å². The molecule has 146 valence electrons. The number of sulfonamides is 1. The highest BCUT2D eigenvalue weighted by atomic mass is 32.2. The predicted molar refractivity (Wildman–Crippen MR) is 109 cm³/mol. The van der Waals surface area contributed by atoms with Crippen molar-refractivity contribution in [2.75, 3.05) is 0 Å². The first kappa shape index (κ1) is 19.2. The molecule has 0 aliphatic heterocycles. The third-order valence-corrected chi connectivity index (χ3v) is 7.40. The van der Waals surface area contributed by atoms with Gasteiger partial charge in [-0.05, 0) is 23.4 Å². The SMILES string of the molecule is CCc1cc[n+](C2=C(NS(=O)(=O)c3cccs3)C(=O)c3ccccc3C2=O)cc1. The summed E-state index contributed by atoms with van der Waals surface area (Å²) in [5.74, 6) is -0.958. The van der Waals surface area contributed by atoms with Crippen LogP contribution in [0.15, 0.2) is 76.2 Å². The average molecular weight is 426 g/mol. The van der Waals surface area contributed by atoms with Crippen LogP contribution in [0, 0.1) is 0 Å². The molecule has 29 heavy (non-hydrogen) atoms. The fraction of sp³-hybridized carbons (Fsp3) is 0.0952. The first-order valence-corrected chi connectivity index (χ1v) is 11.3. The van der Waals surface area contributed by atoms with Crippen molar-refractivity contribution in [3.05, 3.63) is 88.7 Å². The number of nitrogens with zero attached hydrogens (tertiary/aromatic N) is 1. The summed E-state index contributed by atoms with van der Waals surface area (Å²) >= 11 is 1.03. The van der Waals surface area contributed by atoms with Gasteiger partial charge in [0.2, 0.25) is 5.78 Å². The largest absolute Gasteiger partial charge is 0.287 e. The third kappa shape index (κ3) is 3.41. The molecule has 0 saturated heterocycles. The van der Waals surface area contributed by atoms with Crippen LogP contribution in [0.25, 0.3) is 5.70 Å². The Morgan fingerprint density at radius 1 is 0.931 bits per heavy atom. The highest BCUT2D eigenvalue weighted by Gasteiger charge is 2.40. The molecule has 4 rings (SSSR count). The molecule has 3 aromatic rings. The number of aromatic nitrogens is 1. The number of pyridine rings is 1. The monoisotopic (exact) mass is 425 g/mol. The predicted octanol–water partition coefficient (Wildman–Crippen LogP) is 2.82. The summed E-state index contributed by atoms with van der Waals surface area (Å²) in [6.45, 7) is 2.01. The molecule has 0 saturated carbocycles. The van der Waals surface area contributed by atoms with Gasteiger partial charge >= 0.3 is 0 Å². The van der Waals surface area contributed by atoms with Gasteiger partial charge in [0, 0.05) is 23.3 Å². The number of rotatable bonds is 5. The maximum Gasteiger partial charge on any atom is 0.287 e. The molecular weight excluding hydrogens is 408 g/mol. The Labute approximate surface area is 172 Å². The van der Waals surface area contributed by atoms with Gasteiger partial charge in [0.15, 0.2) is 18.1 Å². The van der Waals surface area contributed by atoms with Crippen molar-refractivity contribution in [2.24, 2.45) is 0 Å². The molecule has 0 bridgehead atoms. The minimum atomic E-state index is -4.00. The van der Waals surface area contributed by atoms with Crippen LogP contribution in [-0.2, 0) is 16.4 Å². The molecular formula is C21H17N2O4S2+. The van der Waals surface area contributed by atoms with Crippen molar-refractivity contribution < 1.29 is 22.6 Å². The molecule has 2 heterocycles. The molecule has 0 amide bonds. The number of hydrogen-bond acceptors (Lipinski definition) is 5. The fourth-order valence-corrected chi connectivity index (χ4v) is 5.21. The van der Waals surface area contributed by atoms with Crippen LogP contribution in [0.2, 0.25) is 0 Å². The standard InChI is InChI=1S/C21H16N2O4S2/c1-2-14-9-11-23(12-10-14)19-18(22-29(26,27)17-8-5-13-28-17)20(24)15-6-3-4-7-16(15)21(19)25/h3-13H,2H2,1H3/p+1. The van der Waals surface area contributed by atoms with Crippen LogP contribution in [-0.4, -0.2) is 20.0 Å². The Hall–Kier alpha value is -3.10. The number of ketones is 2. The Morgan fingerprint density at radius 2 is 1.59 bits per heavy atom. The lowest BCUT2D eigenvalue weighted by molar-refractivity contribution is -0.577. The van der Waals surface area contributed by atoms with Gasteiger partial charge < -0.3 is 0 Å². The Kier molecular flexibility index (Phi) is 4.89. The maximum atomic E-state index is 13.2. The topological polar surface area (TPSA) is 84.2 Å². The zero-order valence-corrected chi connectivity index (χ0v) is 17.1. The first-order chi connectivity index (χ1) is 13.9. The number of thiophene rings is 1. The number of fused-ring (bicyclic) bond motifs is 1. The molecule has 0 unspecified atom stereocenters. The van der Waals surface area contributed by atoms with Gasteiger partial charge in [-0.2, -0.15) is 4.57 Å². The van der Waals surface area contributed by atoms with E-state index >= 15 is 0 Å². The van der Waals surface area contributed by atoms with E-state index in [-0.39, 0.29) is 26.7 Å². The van der Waals surface area contributed by atoms with E-state index in [0.717, 1.165) is 23.3 Å². The first-order valence-electron chi connectivity index (χ1n) is 8.92. The zero-order chi connectivity index (χ0) is 20.6. The fourth-order valence-electron chi connectivity index (χ4n) is 3.15. The number of nitrogens with one attached hydrogen (secondary N) is 1. The molecule has 1 N–H and O–H groups in total. The second kappa shape index (κ2) is 7.38. The molecule has 0 atom stereocenters. The van der Waals surface area contributed by atoms with E-state index in [1.165, 1.54) is 16.7 Å². The quantitative estimate of drug-likeness (QED) is 0.637. The molecule has 8 heteroatoms. The van der Waals surface area contributed by atoms with E-state index in [1.54, 1.807) is 42.0 Å². The third-order valence-electron chi connectivity index (χ3n) is 4.66. The number of hydrogen-bond donors (Lipinski definition) is 1. The minimum absolute atomic E-state index is 0.0171. The summed E-state index contributed by atoms with van der Waals surface area (Å²) in [7, 11) is -4.00. The maximum absolute atomic E-state index is 13.2. The molecule has 1 aliphatic rings. The summed E-state index contributed by atoms with van der Waals surface area (Å²) < 4.78 is 29.5. The van der Waals surface area contributed by atoms with E-state index in [2.05, 4.69) is 4.72 Å². The van der Waals surface area contributed by atoms with E-state index in [4.69, 9.17) is 0 Å². The molecule has 6 nitrogen and oxygen atoms in total. The summed E-state index contributed by atoms with van der Waals surface area (Å²) in [5, 5.41) is 1.63. The lowest BCUT2D eigenvalue weighted by Gasteiger charge is -2.18. The van der Waals surface area contributed by atoms with Gasteiger partial charge in [0.05, 0.1) is 0 Å². The number of benzene rings is 1. The van der Waals surface area contributed by atoms with Gasteiger partial charge in [-0.15, -0.1) is 11.3 Å². The van der Waals surface area contributed by atoms with Crippen LogP contribution in [0.3, 0.4) is 0 Å². The number of allylic oxidation sites excluding steroid dienone is 2. The number of carbonyl (C=O) groups excluding carboxylic acids is 2. The van der Waals surface area contributed by atoms with E-state index in [0.29, 0.717) is 0 Å². The van der Waals surface area contributed by atoms with E-state index in [1.807, 2.05) is 19.1 Å². The van der Waals surface area contributed by atoms with Gasteiger partial charge in [0.1, 0.15) is 4.21 Å². The summed E-state index contributed by atoms with van der Waals surface area (Å²) in [4.78, 5) is 26.4. The normalized spacial score (nSPS) is 14.1. The highest BCUT2D eigenvalue weighted by Crippen LogP contribution is 2.27. The van der Waals surface area contributed by atoms with Gasteiger partial charge in [-0.3, -0.25) is 14.3 Å². The molecule has 1 aromatic carbocycles. The number of Topliss-reactive ketones (excluding diaryl/α,β-unsaturated/α-hetero) is 2. The molecule has 0 fully saturated rings. The van der Waals surface area contributed by atoms with Crippen LogP contribution in [0.5, 0.6) is 0 Å². The smallest absolute Gasteiger partial charge is 0.287 e. The van der Waals surface area contributed by atoms with Crippen LogP contribution >= 0.6 is 11.3 Å². The Bertz CT molecular complexity index is 1240. The lowest BCUT2D eigenvalue weighted by atomic mass is 9.90. The lowest BCUT2D eigenvalue weighted by Crippen LogP contribution is -2.44. The minimum Gasteiger partial charge on any atom is -0.287 e. The number of aryl methyl sites for hydroxylation is 1. The summed E-state index contributed by atoms with van der Waals surface area (Å²) in [6.07, 6.45) is 4.13. The average Bonchev–Trinajstić information content (AvgIpc) is 3.28. The Balaban J connectivity index is 1.91. The zero-order valence-electron chi connectivity index (χ0n) is 15.5. The summed E-state index contributed by atoms with van der Waals surface area (Å²) in [6, 6.07) is 13.1. The van der Waals surface area contributed by atoms with Crippen LogP contribution < -0.4 is 9.29 Å². The number of carbonyl (C=O) groups is 2. The second-order valence-corrected chi connectivity index (χ2v) is 9.29. The summed E-state index contributed by atoms with van der Waals surface area (Å²) in [5.41, 5.74) is 1.21. The Morgan fingerprint density at radius 3 is 2.17 bits per heavy atom. The van der Waals surface area contributed by atoms with Crippen LogP contribution in [0.1, 0.15) is 33.2 Å². The van der Waals surface area contributed by atoms with Gasteiger partial charge in [-0.1, -0.05) is 37.3 Å². The van der Waals surface area contributed by atoms with Crippen molar-refractivity contribution >= 4 is 38.6 Å². The van der Waals surface area contributed by atoms with Crippen molar-refractivity contribution in [2.45, 2.75) is 17.6 Å². The van der Waals surface area contributed by atoms with Gasteiger partial charge in [0.25, 0.3) is 21.5 Å². The molecule has 1 aliphatic carbocycles. The molecule has 0 radical (unpaired) electrons. The highest BCUT2D eigenvalue weighted by molar-refractivity contribution is 7.91. The van der Waals surface area contributed by atoms with Crippen molar-refractivity contribution in [1.29, 1.82) is 0 Å². The van der Waals surface area contributed by atoms with Crippen molar-refractivity contribution in [3.63, 3.8) is 0 Å². The van der Waals surface area contributed by atoms with Gasteiger partial charge in [-0.25, -0.2) is 8.42 Å². The molecule has 2 aromatic heterocycles. The second-order valence-electron chi connectivity index (χ2n) is 6.43. The van der Waals surface area contributed by atoms with E-state index in [9.17, 15) is 18.0 Å². The van der Waals surface area contributed by atoms with E-state index < -0.39 is 21.6 Å².